The van der Waals surface area contributed by atoms with Crippen LogP contribution < -0.4 is 5.73 Å². The van der Waals surface area contributed by atoms with Crippen LogP contribution in [-0.4, -0.2) is 17.9 Å². The van der Waals surface area contributed by atoms with Gasteiger partial charge in [-0.2, -0.15) is 13.2 Å². The zero-order chi connectivity index (χ0) is 12.6. The second kappa shape index (κ2) is 4.08. The highest BCUT2D eigenvalue weighted by Crippen LogP contribution is 2.35. The molecular formula is C10H15F3N2O. The lowest BCUT2D eigenvalue weighted by Crippen LogP contribution is -2.28. The second-order valence-corrected chi connectivity index (χ2v) is 4.70. The van der Waals surface area contributed by atoms with E-state index in [1.54, 1.807) is 0 Å². The van der Waals surface area contributed by atoms with Crippen molar-refractivity contribution in [2.75, 3.05) is 6.54 Å². The van der Waals surface area contributed by atoms with Gasteiger partial charge in [-0.1, -0.05) is 25.9 Å². The first-order valence-corrected chi connectivity index (χ1v) is 4.90. The second-order valence-electron chi connectivity index (χ2n) is 4.70. The van der Waals surface area contributed by atoms with E-state index in [-0.39, 0.29) is 11.1 Å². The minimum absolute atomic E-state index is 0.153. The van der Waals surface area contributed by atoms with Crippen LogP contribution in [0.25, 0.3) is 0 Å². The summed E-state index contributed by atoms with van der Waals surface area (Å²) in [5, 5.41) is 3.45. The molecule has 0 aliphatic carbocycles. The average molecular weight is 236 g/mol. The van der Waals surface area contributed by atoms with E-state index in [0.717, 1.165) is 0 Å². The molecule has 0 bridgehead atoms. The molecule has 0 aliphatic rings. The molecule has 16 heavy (non-hydrogen) atoms. The van der Waals surface area contributed by atoms with Crippen molar-refractivity contribution in [1.82, 2.24) is 5.16 Å². The molecule has 2 N–H and O–H groups in total. The highest BCUT2D eigenvalue weighted by Gasteiger charge is 2.42. The maximum atomic E-state index is 12.6. The Kier molecular flexibility index (Phi) is 3.33. The minimum atomic E-state index is -4.39. The highest BCUT2D eigenvalue weighted by atomic mass is 19.4. The zero-order valence-electron chi connectivity index (χ0n) is 9.43. The van der Waals surface area contributed by atoms with E-state index in [0.29, 0.717) is 5.76 Å². The van der Waals surface area contributed by atoms with Crippen molar-refractivity contribution < 1.29 is 17.7 Å². The fourth-order valence-electron chi connectivity index (χ4n) is 1.23. The molecule has 0 radical (unpaired) electrons. The first kappa shape index (κ1) is 13.0. The molecule has 0 aromatic carbocycles. The summed E-state index contributed by atoms with van der Waals surface area (Å²) in [4.78, 5) is 0. The van der Waals surface area contributed by atoms with Crippen LogP contribution in [0, 0.1) is 0 Å². The van der Waals surface area contributed by atoms with Gasteiger partial charge < -0.3 is 10.3 Å². The van der Waals surface area contributed by atoms with Crippen LogP contribution in [0.15, 0.2) is 10.6 Å². The molecule has 1 aromatic rings. The standard InChI is InChI=1S/C10H15F3N2O/c1-9(2,3)8-4-7(15-16-8)6(5-14)10(11,12)13/h4,6H,5,14H2,1-3H3. The Morgan fingerprint density at radius 1 is 1.38 bits per heavy atom. The van der Waals surface area contributed by atoms with Crippen molar-refractivity contribution in [2.24, 2.45) is 5.73 Å². The summed E-state index contributed by atoms with van der Waals surface area (Å²) in [5.74, 6) is -1.34. The Balaban J connectivity index is 3.01. The lowest BCUT2D eigenvalue weighted by Gasteiger charge is -2.15. The summed E-state index contributed by atoms with van der Waals surface area (Å²) in [7, 11) is 0. The predicted molar refractivity (Wildman–Crippen MR) is 53.1 cm³/mol. The molecule has 0 saturated carbocycles. The van der Waals surface area contributed by atoms with Gasteiger partial charge in [-0.25, -0.2) is 0 Å². The Morgan fingerprint density at radius 3 is 2.25 bits per heavy atom. The van der Waals surface area contributed by atoms with Crippen LogP contribution in [0.2, 0.25) is 0 Å². The third-order valence-electron chi connectivity index (χ3n) is 2.26. The van der Waals surface area contributed by atoms with Crippen LogP contribution >= 0.6 is 0 Å². The molecule has 0 fully saturated rings. The van der Waals surface area contributed by atoms with Gasteiger partial charge in [0.1, 0.15) is 11.7 Å². The smallest absolute Gasteiger partial charge is 0.361 e. The van der Waals surface area contributed by atoms with E-state index >= 15 is 0 Å². The van der Waals surface area contributed by atoms with Crippen LogP contribution in [-0.2, 0) is 5.41 Å². The molecular weight excluding hydrogens is 221 g/mol. The Labute approximate surface area is 91.8 Å². The van der Waals surface area contributed by atoms with Crippen LogP contribution in [0.5, 0.6) is 0 Å². The number of nitrogens with two attached hydrogens (primary N) is 1. The first-order valence-electron chi connectivity index (χ1n) is 4.90. The van der Waals surface area contributed by atoms with Gasteiger partial charge in [-0.05, 0) is 0 Å². The SMILES string of the molecule is CC(C)(C)c1cc(C(CN)C(F)(F)F)no1. The third-order valence-corrected chi connectivity index (χ3v) is 2.26. The van der Waals surface area contributed by atoms with Crippen molar-refractivity contribution in [3.8, 4) is 0 Å². The molecule has 6 heteroatoms. The summed E-state index contributed by atoms with van der Waals surface area (Å²) in [5.41, 5.74) is 4.59. The maximum absolute atomic E-state index is 12.6. The molecule has 1 aromatic heterocycles. The summed E-state index contributed by atoms with van der Waals surface area (Å²) in [6.07, 6.45) is -4.39. The average Bonchev–Trinajstić information content (AvgIpc) is 2.50. The number of halogens is 3. The molecule has 1 atom stereocenters. The lowest BCUT2D eigenvalue weighted by atomic mass is 9.92. The molecule has 0 aliphatic heterocycles. The number of aromatic nitrogens is 1. The van der Waals surface area contributed by atoms with E-state index in [4.69, 9.17) is 10.3 Å². The quantitative estimate of drug-likeness (QED) is 0.858. The third kappa shape index (κ3) is 2.75. The molecule has 1 heterocycles. The molecule has 1 unspecified atom stereocenters. The fourth-order valence-corrected chi connectivity index (χ4v) is 1.23. The number of nitrogens with zero attached hydrogens (tertiary/aromatic N) is 1. The number of alkyl halides is 3. The van der Waals surface area contributed by atoms with Gasteiger partial charge in [0.15, 0.2) is 0 Å². The maximum Gasteiger partial charge on any atom is 0.398 e. The Morgan fingerprint density at radius 2 is 1.94 bits per heavy atom. The van der Waals surface area contributed by atoms with Crippen molar-refractivity contribution in [1.29, 1.82) is 0 Å². The molecule has 0 spiro atoms. The summed E-state index contributed by atoms with van der Waals surface area (Å²) in [6, 6.07) is 1.32. The van der Waals surface area contributed by atoms with Gasteiger partial charge in [0.25, 0.3) is 0 Å². The zero-order valence-corrected chi connectivity index (χ0v) is 9.43. The van der Waals surface area contributed by atoms with Gasteiger partial charge in [0.05, 0.1) is 5.69 Å². The highest BCUT2D eigenvalue weighted by molar-refractivity contribution is 5.17. The summed E-state index contributed by atoms with van der Waals surface area (Å²) < 4.78 is 42.6. The Bertz CT molecular complexity index is 352. The van der Waals surface area contributed by atoms with E-state index in [1.165, 1.54) is 6.07 Å². The van der Waals surface area contributed by atoms with Crippen molar-refractivity contribution in [3.63, 3.8) is 0 Å². The van der Waals surface area contributed by atoms with E-state index in [2.05, 4.69) is 5.16 Å². The van der Waals surface area contributed by atoms with Gasteiger partial charge >= 0.3 is 6.18 Å². The van der Waals surface area contributed by atoms with E-state index in [9.17, 15) is 13.2 Å². The van der Waals surface area contributed by atoms with Crippen molar-refractivity contribution in [2.45, 2.75) is 38.3 Å². The predicted octanol–water partition coefficient (Wildman–Crippen LogP) is 2.58. The topological polar surface area (TPSA) is 52.0 Å². The Hall–Kier alpha value is -1.04. The lowest BCUT2D eigenvalue weighted by molar-refractivity contribution is -0.149. The van der Waals surface area contributed by atoms with Crippen LogP contribution in [0.4, 0.5) is 13.2 Å². The largest absolute Gasteiger partial charge is 0.398 e. The number of rotatable bonds is 2. The van der Waals surface area contributed by atoms with Crippen LogP contribution in [0.1, 0.15) is 38.1 Å². The van der Waals surface area contributed by atoms with Gasteiger partial charge in [-0.15, -0.1) is 0 Å². The van der Waals surface area contributed by atoms with Crippen molar-refractivity contribution in [3.05, 3.63) is 17.5 Å². The fraction of sp³-hybridized carbons (Fsp3) is 0.700. The van der Waals surface area contributed by atoms with E-state index in [1.807, 2.05) is 20.8 Å². The monoisotopic (exact) mass is 236 g/mol. The number of hydrogen-bond donors (Lipinski definition) is 1. The minimum Gasteiger partial charge on any atom is -0.361 e. The summed E-state index contributed by atoms with van der Waals surface area (Å²) in [6.45, 7) is 4.98. The van der Waals surface area contributed by atoms with Gasteiger partial charge in [-0.3, -0.25) is 0 Å². The first-order chi connectivity index (χ1) is 7.16. The molecule has 1 rings (SSSR count). The van der Waals surface area contributed by atoms with Crippen molar-refractivity contribution >= 4 is 0 Å². The molecule has 3 nitrogen and oxygen atoms in total. The van der Waals surface area contributed by atoms with E-state index < -0.39 is 18.6 Å². The molecule has 0 amide bonds. The molecule has 0 saturated heterocycles. The molecule has 92 valence electrons. The van der Waals surface area contributed by atoms with Gasteiger partial charge in [0, 0.05) is 18.0 Å². The normalized spacial score (nSPS) is 15.2. The van der Waals surface area contributed by atoms with Gasteiger partial charge in [0.2, 0.25) is 0 Å². The number of hydrogen-bond acceptors (Lipinski definition) is 3. The summed E-state index contributed by atoms with van der Waals surface area (Å²) >= 11 is 0. The van der Waals surface area contributed by atoms with Crippen LogP contribution in [0.3, 0.4) is 0 Å².